The normalized spacial score (nSPS) is 11.0. The molecule has 6 nitrogen and oxygen atoms in total. The van der Waals surface area contributed by atoms with Crippen LogP contribution < -0.4 is 10.6 Å². The van der Waals surface area contributed by atoms with E-state index in [4.69, 9.17) is 5.73 Å². The molecule has 0 spiro atoms. The Bertz CT molecular complexity index is 553. The molecule has 0 bridgehead atoms. The zero-order valence-corrected chi connectivity index (χ0v) is 12.1. The smallest absolute Gasteiger partial charge is 0.130 e. The SMILES string of the molecule is Cc1nn(C)c(N(C)Cc2cnn(C)c2)c1CCN. The minimum absolute atomic E-state index is 0.639. The lowest BCUT2D eigenvalue weighted by Crippen LogP contribution is -2.21. The van der Waals surface area contributed by atoms with E-state index in [1.807, 2.05) is 42.8 Å². The molecule has 104 valence electrons. The number of nitrogens with two attached hydrogens (primary N) is 1. The number of nitrogens with zero attached hydrogens (tertiary/aromatic N) is 5. The lowest BCUT2D eigenvalue weighted by molar-refractivity contribution is 0.724. The maximum absolute atomic E-state index is 5.69. The second-order valence-electron chi connectivity index (χ2n) is 4.93. The molecule has 0 aliphatic carbocycles. The van der Waals surface area contributed by atoms with Gasteiger partial charge in [-0.15, -0.1) is 0 Å². The first-order chi connectivity index (χ1) is 9.02. The van der Waals surface area contributed by atoms with Gasteiger partial charge in [-0.1, -0.05) is 0 Å². The van der Waals surface area contributed by atoms with Crippen LogP contribution in [0.15, 0.2) is 12.4 Å². The van der Waals surface area contributed by atoms with Crippen LogP contribution in [0.4, 0.5) is 5.82 Å². The summed E-state index contributed by atoms with van der Waals surface area (Å²) in [6.07, 6.45) is 4.77. The summed E-state index contributed by atoms with van der Waals surface area (Å²) in [6, 6.07) is 0. The number of aryl methyl sites for hydroxylation is 3. The summed E-state index contributed by atoms with van der Waals surface area (Å²) in [5.74, 6) is 1.13. The molecule has 0 aliphatic heterocycles. The molecule has 0 atom stereocenters. The third-order valence-corrected chi connectivity index (χ3v) is 3.25. The summed E-state index contributed by atoms with van der Waals surface area (Å²) in [5, 5.41) is 8.69. The predicted molar refractivity (Wildman–Crippen MR) is 76.0 cm³/mol. The fraction of sp³-hybridized carbons (Fsp3) is 0.538. The van der Waals surface area contributed by atoms with E-state index in [-0.39, 0.29) is 0 Å². The van der Waals surface area contributed by atoms with Crippen molar-refractivity contribution in [2.45, 2.75) is 19.9 Å². The van der Waals surface area contributed by atoms with E-state index in [2.05, 4.69) is 22.1 Å². The minimum Gasteiger partial charge on any atom is -0.355 e. The molecular formula is C13H22N6. The van der Waals surface area contributed by atoms with Crippen molar-refractivity contribution in [3.8, 4) is 0 Å². The van der Waals surface area contributed by atoms with Gasteiger partial charge in [-0.25, -0.2) is 0 Å². The minimum atomic E-state index is 0.639. The van der Waals surface area contributed by atoms with E-state index in [1.54, 1.807) is 0 Å². The van der Waals surface area contributed by atoms with Gasteiger partial charge in [0.25, 0.3) is 0 Å². The van der Waals surface area contributed by atoms with Crippen molar-refractivity contribution in [2.75, 3.05) is 18.5 Å². The second-order valence-corrected chi connectivity index (χ2v) is 4.93. The quantitative estimate of drug-likeness (QED) is 0.857. The molecule has 0 unspecified atom stereocenters. The summed E-state index contributed by atoms with van der Waals surface area (Å²) in [7, 11) is 5.98. The van der Waals surface area contributed by atoms with Crippen LogP contribution in [0.1, 0.15) is 16.8 Å². The molecule has 0 aliphatic rings. The lowest BCUT2D eigenvalue weighted by Gasteiger charge is -2.20. The van der Waals surface area contributed by atoms with E-state index in [0.717, 1.165) is 24.5 Å². The van der Waals surface area contributed by atoms with Gasteiger partial charge in [0.1, 0.15) is 5.82 Å². The number of rotatable bonds is 5. The van der Waals surface area contributed by atoms with Crippen LogP contribution in [0.5, 0.6) is 0 Å². The molecule has 0 amide bonds. The fourth-order valence-electron chi connectivity index (χ4n) is 2.51. The van der Waals surface area contributed by atoms with Gasteiger partial charge in [-0.2, -0.15) is 10.2 Å². The standard InChI is InChI=1S/C13H22N6/c1-10-12(5-6-14)13(19(4)16-10)17(2)8-11-7-15-18(3)9-11/h7,9H,5-6,8,14H2,1-4H3. The molecule has 2 rings (SSSR count). The summed E-state index contributed by atoms with van der Waals surface area (Å²) < 4.78 is 3.75. The Balaban J connectivity index is 2.25. The van der Waals surface area contributed by atoms with E-state index in [9.17, 15) is 0 Å². The van der Waals surface area contributed by atoms with Gasteiger partial charge in [-0.3, -0.25) is 9.36 Å². The van der Waals surface area contributed by atoms with Crippen LogP contribution in [0.25, 0.3) is 0 Å². The second kappa shape index (κ2) is 5.44. The Morgan fingerprint density at radius 2 is 2.11 bits per heavy atom. The van der Waals surface area contributed by atoms with Crippen molar-refractivity contribution in [3.05, 3.63) is 29.2 Å². The number of hydrogen-bond donors (Lipinski definition) is 1. The fourth-order valence-corrected chi connectivity index (χ4v) is 2.51. The molecular weight excluding hydrogens is 240 g/mol. The van der Waals surface area contributed by atoms with Crippen molar-refractivity contribution in [2.24, 2.45) is 19.8 Å². The molecule has 6 heteroatoms. The Morgan fingerprint density at radius 3 is 2.68 bits per heavy atom. The Kier molecular flexibility index (Phi) is 3.90. The van der Waals surface area contributed by atoms with Crippen LogP contribution >= 0.6 is 0 Å². The van der Waals surface area contributed by atoms with Crippen molar-refractivity contribution < 1.29 is 0 Å². The average Bonchev–Trinajstić information content (AvgIpc) is 2.84. The Labute approximate surface area is 113 Å². The van der Waals surface area contributed by atoms with Crippen LogP contribution in [-0.2, 0) is 27.1 Å². The molecule has 0 radical (unpaired) electrons. The highest BCUT2D eigenvalue weighted by Gasteiger charge is 2.16. The first-order valence-corrected chi connectivity index (χ1v) is 6.44. The summed E-state index contributed by atoms with van der Waals surface area (Å²) in [5.41, 5.74) is 9.17. The third kappa shape index (κ3) is 2.78. The zero-order valence-electron chi connectivity index (χ0n) is 12.1. The molecule has 2 aromatic heterocycles. The highest BCUT2D eigenvalue weighted by Crippen LogP contribution is 2.23. The molecule has 0 saturated carbocycles. The van der Waals surface area contributed by atoms with E-state index in [0.29, 0.717) is 6.54 Å². The Hall–Kier alpha value is -1.82. The molecule has 2 aromatic rings. The maximum atomic E-state index is 5.69. The van der Waals surface area contributed by atoms with Crippen LogP contribution in [-0.4, -0.2) is 33.2 Å². The van der Waals surface area contributed by atoms with Crippen molar-refractivity contribution in [3.63, 3.8) is 0 Å². The predicted octanol–water partition coefficient (Wildman–Crippen LogP) is 0.600. The average molecular weight is 262 g/mol. The first-order valence-electron chi connectivity index (χ1n) is 6.44. The molecule has 0 saturated heterocycles. The number of anilines is 1. The lowest BCUT2D eigenvalue weighted by atomic mass is 10.1. The van der Waals surface area contributed by atoms with Gasteiger partial charge in [0.15, 0.2) is 0 Å². The van der Waals surface area contributed by atoms with Gasteiger partial charge >= 0.3 is 0 Å². The van der Waals surface area contributed by atoms with Crippen LogP contribution in [0, 0.1) is 6.92 Å². The molecule has 2 heterocycles. The van der Waals surface area contributed by atoms with Crippen LogP contribution in [0.2, 0.25) is 0 Å². The highest BCUT2D eigenvalue weighted by molar-refractivity contribution is 5.50. The zero-order chi connectivity index (χ0) is 14.0. The molecule has 19 heavy (non-hydrogen) atoms. The summed E-state index contributed by atoms with van der Waals surface area (Å²) in [6.45, 7) is 3.48. The highest BCUT2D eigenvalue weighted by atomic mass is 15.4. The van der Waals surface area contributed by atoms with Crippen molar-refractivity contribution >= 4 is 5.82 Å². The van der Waals surface area contributed by atoms with E-state index in [1.165, 1.54) is 11.1 Å². The monoisotopic (exact) mass is 262 g/mol. The summed E-state index contributed by atoms with van der Waals surface area (Å²) in [4.78, 5) is 2.20. The van der Waals surface area contributed by atoms with Crippen molar-refractivity contribution in [1.82, 2.24) is 19.6 Å². The largest absolute Gasteiger partial charge is 0.355 e. The van der Waals surface area contributed by atoms with Gasteiger partial charge in [0, 0.05) is 45.0 Å². The Morgan fingerprint density at radius 1 is 1.37 bits per heavy atom. The van der Waals surface area contributed by atoms with Crippen LogP contribution in [0.3, 0.4) is 0 Å². The van der Waals surface area contributed by atoms with E-state index >= 15 is 0 Å². The molecule has 0 fully saturated rings. The van der Waals surface area contributed by atoms with Gasteiger partial charge in [-0.05, 0) is 19.9 Å². The maximum Gasteiger partial charge on any atom is 0.130 e. The first kappa shape index (κ1) is 13.6. The topological polar surface area (TPSA) is 64.9 Å². The summed E-state index contributed by atoms with van der Waals surface area (Å²) >= 11 is 0. The van der Waals surface area contributed by atoms with Gasteiger partial charge < -0.3 is 10.6 Å². The molecule has 0 aromatic carbocycles. The van der Waals surface area contributed by atoms with E-state index < -0.39 is 0 Å². The van der Waals surface area contributed by atoms with Crippen molar-refractivity contribution in [1.29, 1.82) is 0 Å². The number of aromatic nitrogens is 4. The van der Waals surface area contributed by atoms with Gasteiger partial charge in [0.05, 0.1) is 11.9 Å². The molecule has 2 N–H and O–H groups in total. The van der Waals surface area contributed by atoms with Gasteiger partial charge in [0.2, 0.25) is 0 Å². The number of hydrogen-bond acceptors (Lipinski definition) is 4. The third-order valence-electron chi connectivity index (χ3n) is 3.25.